The van der Waals surface area contributed by atoms with Gasteiger partial charge in [0, 0.05) is 69.5 Å². The van der Waals surface area contributed by atoms with E-state index in [1.807, 2.05) is 0 Å². The maximum atomic E-state index is 14.2. The van der Waals surface area contributed by atoms with Crippen LogP contribution in [0.3, 0.4) is 0 Å². The number of halogens is 2. The van der Waals surface area contributed by atoms with E-state index in [2.05, 4.69) is 53.2 Å². The largest absolute Gasteiger partial charge is 0.444 e. The summed E-state index contributed by atoms with van der Waals surface area (Å²) in [5.41, 5.74) is 1.16. The van der Waals surface area contributed by atoms with Crippen LogP contribution in [0.1, 0.15) is 107 Å². The van der Waals surface area contributed by atoms with E-state index in [0.29, 0.717) is 42.1 Å². The molecule has 4 fully saturated rings. The summed E-state index contributed by atoms with van der Waals surface area (Å²) in [5, 5.41) is 25.7. The van der Waals surface area contributed by atoms with Crippen LogP contribution in [0.2, 0.25) is 0 Å². The van der Waals surface area contributed by atoms with E-state index in [9.17, 15) is 33.1 Å². The van der Waals surface area contributed by atoms with Crippen LogP contribution in [0.5, 0.6) is 0 Å². The van der Waals surface area contributed by atoms with E-state index in [-0.39, 0.29) is 53.4 Å². The molecule has 4 amide bonds. The number of piperidine rings is 1. The summed E-state index contributed by atoms with van der Waals surface area (Å²) in [5.74, 6) is -0.226. The monoisotopic (exact) mass is 913 g/mol. The Morgan fingerprint density at radius 3 is 2.61 bits per heavy atom. The number of rotatable bonds is 18. The molecule has 0 bridgehead atoms. The molecule has 2 aliphatic carbocycles. The molecular formula is C46H57F2N11O7. The lowest BCUT2D eigenvalue weighted by Crippen LogP contribution is -2.55. The van der Waals surface area contributed by atoms with Crippen molar-refractivity contribution in [3.05, 3.63) is 71.5 Å². The van der Waals surface area contributed by atoms with Crippen LogP contribution in [0.25, 0.3) is 11.5 Å². The van der Waals surface area contributed by atoms with E-state index in [0.717, 1.165) is 76.3 Å². The van der Waals surface area contributed by atoms with E-state index in [1.165, 1.54) is 25.3 Å². The van der Waals surface area contributed by atoms with E-state index >= 15 is 0 Å². The first-order valence-electron chi connectivity index (χ1n) is 23.1. The number of benzene rings is 1. The van der Waals surface area contributed by atoms with Crippen molar-refractivity contribution in [3.8, 4) is 11.5 Å². The van der Waals surface area contributed by atoms with Crippen LogP contribution >= 0.6 is 0 Å². The Hall–Kier alpha value is -5.83. The number of likely N-dealkylation sites (N-methyl/N-ethyl adjacent to an activating group) is 1. The number of hydrogen-bond acceptors (Lipinski definition) is 14. The predicted octanol–water partition coefficient (Wildman–Crippen LogP) is 5.00. The second-order valence-electron chi connectivity index (χ2n) is 18.3. The number of pyridine rings is 1. The average Bonchev–Trinajstić information content (AvgIpc) is 3.71. The zero-order valence-corrected chi connectivity index (χ0v) is 37.0. The van der Waals surface area contributed by atoms with Crippen LogP contribution in [-0.2, 0) is 9.53 Å². The normalized spacial score (nSPS) is 23.6. The third kappa shape index (κ3) is 10.4. The fraction of sp³-hybridized carbons (Fsp3) is 0.543. The van der Waals surface area contributed by atoms with Gasteiger partial charge in [0.15, 0.2) is 11.4 Å². The number of nitrogens with zero attached hydrogens (tertiary/aromatic N) is 7. The highest BCUT2D eigenvalue weighted by Crippen LogP contribution is 2.36. The number of oxazole rings is 1. The molecule has 3 aliphatic heterocycles. The number of aromatic nitrogens is 4. The first kappa shape index (κ1) is 45.3. The number of carbonyl (C=O) groups is 4. The minimum Gasteiger partial charge on any atom is -0.444 e. The zero-order chi connectivity index (χ0) is 45.9. The molecule has 2 saturated carbocycles. The minimum atomic E-state index is -2.88. The Morgan fingerprint density at radius 2 is 1.82 bits per heavy atom. The van der Waals surface area contributed by atoms with Gasteiger partial charge in [0.25, 0.3) is 24.1 Å². The van der Waals surface area contributed by atoms with Crippen molar-refractivity contribution in [3.63, 3.8) is 0 Å². The number of amides is 4. The molecule has 3 aromatic heterocycles. The molecule has 1 aromatic carbocycles. The molecule has 4 aromatic rings. The minimum absolute atomic E-state index is 0.0369. The number of alkyl halides is 2. The summed E-state index contributed by atoms with van der Waals surface area (Å²) >= 11 is 0. The highest BCUT2D eigenvalue weighted by Gasteiger charge is 2.45. The van der Waals surface area contributed by atoms with Crippen molar-refractivity contribution in [1.82, 2.24) is 39.8 Å². The Morgan fingerprint density at radius 1 is 1.00 bits per heavy atom. The summed E-state index contributed by atoms with van der Waals surface area (Å²) in [4.78, 5) is 66.8. The highest BCUT2D eigenvalue weighted by atomic mass is 19.3. The first-order valence-corrected chi connectivity index (χ1v) is 23.1. The number of nitrogens with one attached hydrogen (secondary N) is 4. The summed E-state index contributed by atoms with van der Waals surface area (Å²) in [6.07, 6.45) is 7.53. The smallest absolute Gasteiger partial charge is 0.284 e. The van der Waals surface area contributed by atoms with Crippen LogP contribution in [0.4, 0.5) is 26.0 Å². The second-order valence-corrected chi connectivity index (χ2v) is 18.3. The molecule has 0 radical (unpaired) electrons. The third-order valence-electron chi connectivity index (χ3n) is 13.3. The molecule has 20 heteroatoms. The van der Waals surface area contributed by atoms with E-state index in [1.54, 1.807) is 41.2 Å². The maximum absolute atomic E-state index is 14.2. The Labute approximate surface area is 380 Å². The van der Waals surface area contributed by atoms with Gasteiger partial charge in [-0.25, -0.2) is 18.7 Å². The third-order valence-corrected chi connectivity index (χ3v) is 13.3. The number of morpholine rings is 1. The van der Waals surface area contributed by atoms with Crippen LogP contribution in [-0.4, -0.2) is 141 Å². The Kier molecular flexibility index (Phi) is 13.7. The molecule has 9 rings (SSSR count). The lowest BCUT2D eigenvalue weighted by molar-refractivity contribution is -0.131. The number of anilines is 3. The fourth-order valence-electron chi connectivity index (χ4n) is 9.61. The lowest BCUT2D eigenvalue weighted by Gasteiger charge is -2.36. The predicted molar refractivity (Wildman–Crippen MR) is 238 cm³/mol. The van der Waals surface area contributed by atoms with Gasteiger partial charge < -0.3 is 40.4 Å². The quantitative estimate of drug-likeness (QED) is 0.0657. The van der Waals surface area contributed by atoms with Gasteiger partial charge in [-0.05, 0) is 101 Å². The Bertz CT molecular complexity index is 2400. The zero-order valence-electron chi connectivity index (χ0n) is 37.0. The van der Waals surface area contributed by atoms with Crippen LogP contribution in [0, 0.1) is 11.8 Å². The first-order chi connectivity index (χ1) is 32.0. The van der Waals surface area contributed by atoms with Gasteiger partial charge in [-0.3, -0.25) is 33.7 Å². The number of ether oxygens (including phenoxy) is 1. The van der Waals surface area contributed by atoms with Crippen LogP contribution in [0.15, 0.2) is 53.4 Å². The van der Waals surface area contributed by atoms with Gasteiger partial charge in [-0.2, -0.15) is 5.10 Å². The summed E-state index contributed by atoms with van der Waals surface area (Å²) in [6, 6.07) is 7.59. The number of aliphatic hydroxyl groups is 1. The summed E-state index contributed by atoms with van der Waals surface area (Å²) in [7, 11) is 2.10. The number of fused-ring (bicyclic) bond motifs is 1. The van der Waals surface area contributed by atoms with Gasteiger partial charge >= 0.3 is 0 Å². The fourth-order valence-corrected chi connectivity index (χ4v) is 9.61. The topological polar surface area (TPSA) is 212 Å². The van der Waals surface area contributed by atoms with Gasteiger partial charge in [0.05, 0.1) is 35.6 Å². The lowest BCUT2D eigenvalue weighted by atomic mass is 9.86. The summed E-state index contributed by atoms with van der Waals surface area (Å²) < 4.78 is 41.8. The molecule has 6 heterocycles. The van der Waals surface area contributed by atoms with Crippen molar-refractivity contribution < 1.29 is 42.2 Å². The van der Waals surface area contributed by atoms with Gasteiger partial charge in [0.1, 0.15) is 24.4 Å². The van der Waals surface area contributed by atoms with Crippen molar-refractivity contribution in [2.75, 3.05) is 75.4 Å². The average molecular weight is 914 g/mol. The Balaban J connectivity index is 0.706. The molecule has 18 nitrogen and oxygen atoms in total. The molecule has 0 spiro atoms. The van der Waals surface area contributed by atoms with E-state index in [4.69, 9.17) is 9.15 Å². The molecule has 5 N–H and O–H groups in total. The molecular weight excluding hydrogens is 857 g/mol. The maximum Gasteiger partial charge on any atom is 0.284 e. The van der Waals surface area contributed by atoms with Crippen molar-refractivity contribution >= 4 is 40.8 Å². The van der Waals surface area contributed by atoms with Gasteiger partial charge in [-0.1, -0.05) is 6.07 Å². The van der Waals surface area contributed by atoms with Crippen molar-refractivity contribution in [2.45, 2.75) is 88.6 Å². The van der Waals surface area contributed by atoms with Crippen LogP contribution < -0.4 is 21.3 Å². The van der Waals surface area contributed by atoms with Crippen molar-refractivity contribution in [2.24, 2.45) is 11.8 Å². The standard InChI is InChI=1S/C46H57F2N11O7/c1-56(23-31-24-57(18-19-65-31)17-3-15-49-33-5-2-4-32-39(33)46(64)59(45(32)63)36-12-13-38(60)54-43(36)62)22-28-8-10-30(11-9-28)58-25-34(40(55-58)41(47)48)52-42(61)35-26-66-44(53-35)29-14-16-50-37(20-29)51-21-27-6-7-27/h2,4-5,14,16,20,25-28,30-31,36,38,41,49,60H,3,6-13,15,17-19,21-24H2,1H3,(H,50,51)(H,52,61)(H,54,62)/t28?,30?,31-,36?,38?/m1/s1. The SMILES string of the molecule is CN(CC1CCC(n2cc(NC(=O)c3coc(-c4ccnc(NCC5CC5)c4)n3)c(C(F)F)n2)CC1)C[C@@H]1CN(CCCNc2cccc3c2C(=O)N(C2CCC(O)NC2=O)C3=O)CCO1. The van der Waals surface area contributed by atoms with E-state index < -0.39 is 48.0 Å². The molecule has 66 heavy (non-hydrogen) atoms. The molecule has 3 atom stereocenters. The number of imide groups is 1. The summed E-state index contributed by atoms with van der Waals surface area (Å²) in [6.45, 7) is 6.10. The number of hydrogen-bond donors (Lipinski definition) is 5. The molecule has 5 aliphatic rings. The van der Waals surface area contributed by atoms with Gasteiger partial charge in [0.2, 0.25) is 11.8 Å². The van der Waals surface area contributed by atoms with Crippen molar-refractivity contribution in [1.29, 1.82) is 0 Å². The molecule has 2 unspecified atom stereocenters. The second kappa shape index (κ2) is 20.0. The number of carbonyl (C=O) groups excluding carboxylic acids is 4. The number of aliphatic hydroxyl groups excluding tert-OH is 1. The van der Waals surface area contributed by atoms with Gasteiger partial charge in [-0.15, -0.1) is 0 Å². The molecule has 2 saturated heterocycles. The molecule has 352 valence electrons. The highest BCUT2D eigenvalue weighted by molar-refractivity contribution is 6.25.